The molecule has 1 atom stereocenters. The number of benzene rings is 2. The Balaban J connectivity index is 1.79. The molecular weight excluding hydrogens is 364 g/mol. The average Bonchev–Trinajstić information content (AvgIpc) is 2.98. The largest absolute Gasteiger partial charge is 0.466 e. The number of hydrogen-bond acceptors (Lipinski definition) is 3. The average molecular weight is 390 g/mol. The lowest BCUT2D eigenvalue weighted by Gasteiger charge is -2.26. The summed E-state index contributed by atoms with van der Waals surface area (Å²) >= 11 is 0. The monoisotopic (exact) mass is 390 g/mol. The van der Waals surface area contributed by atoms with E-state index in [-0.39, 0.29) is 17.9 Å². The summed E-state index contributed by atoms with van der Waals surface area (Å²) in [4.78, 5) is 27.2. The minimum absolute atomic E-state index is 0.0805. The normalized spacial score (nSPS) is 11.8. The van der Waals surface area contributed by atoms with Crippen molar-refractivity contribution in [3.63, 3.8) is 0 Å². The van der Waals surface area contributed by atoms with E-state index in [0.717, 1.165) is 16.9 Å². The van der Waals surface area contributed by atoms with Gasteiger partial charge in [-0.15, -0.1) is 0 Å². The van der Waals surface area contributed by atoms with Crippen molar-refractivity contribution in [1.29, 1.82) is 0 Å². The lowest BCUT2D eigenvalue weighted by atomic mass is 10.0. The molecule has 1 heterocycles. The quantitative estimate of drug-likeness (QED) is 0.644. The number of nitrogens with one attached hydrogen (secondary N) is 1. The minimum Gasteiger partial charge on any atom is -0.466 e. The summed E-state index contributed by atoms with van der Waals surface area (Å²) in [7, 11) is 1.78. The number of nitrogens with zero attached hydrogens (tertiary/aromatic N) is 1. The molecule has 3 rings (SSSR count). The Kier molecular flexibility index (Phi) is 5.87. The van der Waals surface area contributed by atoms with E-state index < -0.39 is 0 Å². The second-order valence-electron chi connectivity index (χ2n) is 7.25. The number of aryl methyl sites for hydroxylation is 2. The van der Waals surface area contributed by atoms with Gasteiger partial charge in [0.2, 0.25) is 0 Å². The highest BCUT2D eigenvalue weighted by molar-refractivity contribution is 6.04. The van der Waals surface area contributed by atoms with Crippen LogP contribution in [0.15, 0.2) is 59.0 Å². The molecule has 2 amide bonds. The van der Waals surface area contributed by atoms with E-state index in [1.165, 1.54) is 0 Å². The van der Waals surface area contributed by atoms with Crippen LogP contribution < -0.4 is 5.32 Å². The molecule has 1 N–H and O–H groups in total. The van der Waals surface area contributed by atoms with Gasteiger partial charge >= 0.3 is 0 Å². The number of carbonyl (C=O) groups is 2. The Labute approximate surface area is 171 Å². The smallest absolute Gasteiger partial charge is 0.257 e. The summed E-state index contributed by atoms with van der Waals surface area (Å²) in [6.07, 6.45) is 0. The first-order valence-electron chi connectivity index (χ1n) is 9.59. The zero-order valence-corrected chi connectivity index (χ0v) is 17.4. The van der Waals surface area contributed by atoms with Crippen molar-refractivity contribution in [3.05, 3.63) is 88.4 Å². The van der Waals surface area contributed by atoms with Crippen molar-refractivity contribution >= 4 is 17.5 Å². The van der Waals surface area contributed by atoms with E-state index in [9.17, 15) is 9.59 Å². The number of anilines is 1. The summed E-state index contributed by atoms with van der Waals surface area (Å²) in [5.41, 5.74) is 3.71. The Morgan fingerprint density at radius 2 is 1.66 bits per heavy atom. The zero-order valence-electron chi connectivity index (χ0n) is 17.4. The van der Waals surface area contributed by atoms with Gasteiger partial charge in [-0.2, -0.15) is 0 Å². The van der Waals surface area contributed by atoms with Gasteiger partial charge in [-0.3, -0.25) is 9.59 Å². The molecule has 0 saturated carbocycles. The van der Waals surface area contributed by atoms with Crippen molar-refractivity contribution in [2.24, 2.45) is 0 Å². The first kappa shape index (κ1) is 20.4. The van der Waals surface area contributed by atoms with E-state index in [4.69, 9.17) is 4.42 Å². The molecule has 0 saturated heterocycles. The van der Waals surface area contributed by atoms with Crippen LogP contribution in [0.1, 0.15) is 56.3 Å². The predicted molar refractivity (Wildman–Crippen MR) is 114 cm³/mol. The number of carbonyl (C=O) groups excluding carboxylic acids is 2. The summed E-state index contributed by atoms with van der Waals surface area (Å²) in [6, 6.07) is 16.5. The molecule has 29 heavy (non-hydrogen) atoms. The van der Waals surface area contributed by atoms with Crippen LogP contribution >= 0.6 is 0 Å². The van der Waals surface area contributed by atoms with Gasteiger partial charge in [0.15, 0.2) is 0 Å². The first-order chi connectivity index (χ1) is 13.8. The lowest BCUT2D eigenvalue weighted by Crippen LogP contribution is -2.30. The number of amides is 2. The maximum absolute atomic E-state index is 13.1. The molecule has 0 radical (unpaired) electrons. The second kappa shape index (κ2) is 8.35. The standard InChI is InChI=1S/C24H26N2O3/c1-15-17(3)29-18(4)22(15)24(28)26(5)16(2)20-12-9-13-21(14-20)25-23(27)19-10-7-6-8-11-19/h6-14,16H,1-5H3,(H,25,27)/t16-/m0/s1. The van der Waals surface area contributed by atoms with Gasteiger partial charge in [0, 0.05) is 23.9 Å². The van der Waals surface area contributed by atoms with E-state index in [0.29, 0.717) is 22.6 Å². The van der Waals surface area contributed by atoms with Crippen molar-refractivity contribution in [3.8, 4) is 0 Å². The Morgan fingerprint density at radius 3 is 2.28 bits per heavy atom. The number of rotatable bonds is 5. The predicted octanol–water partition coefficient (Wildman–Crippen LogP) is 5.29. The molecular formula is C24H26N2O3. The molecule has 0 bridgehead atoms. The third-order valence-corrected chi connectivity index (χ3v) is 5.34. The summed E-state index contributed by atoms with van der Waals surface area (Å²) in [6.45, 7) is 7.54. The van der Waals surface area contributed by atoms with E-state index in [2.05, 4.69) is 5.32 Å². The SMILES string of the molecule is Cc1oc(C)c(C(=O)N(C)[C@@H](C)c2cccc(NC(=O)c3ccccc3)c2)c1C. The molecule has 1 aromatic heterocycles. The number of furan rings is 1. The fourth-order valence-corrected chi connectivity index (χ4v) is 3.35. The molecule has 0 aliphatic heterocycles. The Bertz CT molecular complexity index is 1040. The van der Waals surface area contributed by atoms with Crippen molar-refractivity contribution in [1.82, 2.24) is 4.90 Å². The van der Waals surface area contributed by atoms with Crippen LogP contribution in [0.5, 0.6) is 0 Å². The summed E-state index contributed by atoms with van der Waals surface area (Å²) in [5.74, 6) is 1.15. The van der Waals surface area contributed by atoms with Gasteiger partial charge in [-0.25, -0.2) is 0 Å². The molecule has 0 unspecified atom stereocenters. The van der Waals surface area contributed by atoms with Gasteiger partial charge in [0.1, 0.15) is 11.5 Å². The van der Waals surface area contributed by atoms with Crippen molar-refractivity contribution < 1.29 is 14.0 Å². The molecule has 0 aliphatic carbocycles. The molecule has 3 aromatic rings. The van der Waals surface area contributed by atoms with Crippen LogP contribution in [0.25, 0.3) is 0 Å². The summed E-state index contributed by atoms with van der Waals surface area (Å²) in [5, 5.41) is 2.92. The van der Waals surface area contributed by atoms with Gasteiger partial charge in [-0.1, -0.05) is 30.3 Å². The van der Waals surface area contributed by atoms with Gasteiger partial charge in [0.05, 0.1) is 11.6 Å². The fourth-order valence-electron chi connectivity index (χ4n) is 3.35. The van der Waals surface area contributed by atoms with Crippen LogP contribution in [0.2, 0.25) is 0 Å². The highest BCUT2D eigenvalue weighted by Crippen LogP contribution is 2.27. The maximum atomic E-state index is 13.1. The van der Waals surface area contributed by atoms with Gasteiger partial charge < -0.3 is 14.6 Å². The topological polar surface area (TPSA) is 62.6 Å². The minimum atomic E-state index is -0.176. The van der Waals surface area contributed by atoms with Crippen LogP contribution in [-0.4, -0.2) is 23.8 Å². The second-order valence-corrected chi connectivity index (χ2v) is 7.25. The molecule has 5 nitrogen and oxygen atoms in total. The van der Waals surface area contributed by atoms with Crippen LogP contribution in [0, 0.1) is 20.8 Å². The summed E-state index contributed by atoms with van der Waals surface area (Å²) < 4.78 is 5.61. The number of hydrogen-bond donors (Lipinski definition) is 1. The molecule has 2 aromatic carbocycles. The first-order valence-corrected chi connectivity index (χ1v) is 9.59. The van der Waals surface area contributed by atoms with Crippen LogP contribution in [0.4, 0.5) is 5.69 Å². The zero-order chi connectivity index (χ0) is 21.1. The molecule has 0 spiro atoms. The Morgan fingerprint density at radius 1 is 0.966 bits per heavy atom. The molecule has 0 aliphatic rings. The molecule has 150 valence electrons. The van der Waals surface area contributed by atoms with E-state index >= 15 is 0 Å². The third kappa shape index (κ3) is 4.24. The lowest BCUT2D eigenvalue weighted by molar-refractivity contribution is 0.0740. The fraction of sp³-hybridized carbons (Fsp3) is 0.250. The van der Waals surface area contributed by atoms with Crippen LogP contribution in [-0.2, 0) is 0 Å². The third-order valence-electron chi connectivity index (χ3n) is 5.34. The van der Waals surface area contributed by atoms with E-state index in [1.807, 2.05) is 70.2 Å². The van der Waals surface area contributed by atoms with E-state index in [1.54, 1.807) is 24.1 Å². The Hall–Kier alpha value is -3.34. The van der Waals surface area contributed by atoms with Crippen molar-refractivity contribution in [2.75, 3.05) is 12.4 Å². The van der Waals surface area contributed by atoms with Crippen LogP contribution in [0.3, 0.4) is 0 Å². The highest BCUT2D eigenvalue weighted by atomic mass is 16.3. The van der Waals surface area contributed by atoms with Gasteiger partial charge in [-0.05, 0) is 57.5 Å². The van der Waals surface area contributed by atoms with Gasteiger partial charge in [0.25, 0.3) is 11.8 Å². The maximum Gasteiger partial charge on any atom is 0.257 e. The highest BCUT2D eigenvalue weighted by Gasteiger charge is 2.25. The molecule has 5 heteroatoms. The van der Waals surface area contributed by atoms with Crippen molar-refractivity contribution in [2.45, 2.75) is 33.7 Å². The molecule has 0 fully saturated rings.